The summed E-state index contributed by atoms with van der Waals surface area (Å²) in [6.45, 7) is 1.22. The minimum Gasteiger partial charge on any atom is -0.480 e. The molecule has 0 saturated carbocycles. The molecule has 26 heavy (non-hydrogen) atoms. The zero-order chi connectivity index (χ0) is 19.7. The van der Waals surface area contributed by atoms with Gasteiger partial charge in [-0.05, 0) is 24.1 Å². The van der Waals surface area contributed by atoms with Crippen molar-refractivity contribution in [3.8, 4) is 0 Å². The normalized spacial score (nSPS) is 12.6. The van der Waals surface area contributed by atoms with Crippen LogP contribution in [-0.4, -0.2) is 48.1 Å². The van der Waals surface area contributed by atoms with Crippen molar-refractivity contribution >= 4 is 23.8 Å². The zero-order valence-electron chi connectivity index (χ0n) is 14.5. The predicted molar refractivity (Wildman–Crippen MR) is 88.5 cm³/mol. The molecule has 0 aromatic heterocycles. The van der Waals surface area contributed by atoms with Gasteiger partial charge in [0, 0.05) is 19.8 Å². The number of carbonyl (C=O) groups excluding carboxylic acids is 3. The Morgan fingerprint density at radius 3 is 2.23 bits per heavy atom. The number of esters is 1. The maximum Gasteiger partial charge on any atom is 0.326 e. The van der Waals surface area contributed by atoms with Crippen LogP contribution in [0, 0.1) is 5.82 Å². The van der Waals surface area contributed by atoms with Crippen molar-refractivity contribution in [3.63, 3.8) is 0 Å². The highest BCUT2D eigenvalue weighted by atomic mass is 19.1. The van der Waals surface area contributed by atoms with E-state index in [0.717, 1.165) is 0 Å². The molecule has 1 aromatic carbocycles. The van der Waals surface area contributed by atoms with E-state index in [0.29, 0.717) is 5.56 Å². The molecule has 0 fully saturated rings. The van der Waals surface area contributed by atoms with Gasteiger partial charge in [-0.15, -0.1) is 0 Å². The van der Waals surface area contributed by atoms with Crippen LogP contribution in [0.1, 0.15) is 25.3 Å². The van der Waals surface area contributed by atoms with Crippen molar-refractivity contribution in [1.29, 1.82) is 0 Å². The van der Waals surface area contributed by atoms with Gasteiger partial charge in [-0.1, -0.05) is 12.1 Å². The largest absolute Gasteiger partial charge is 0.480 e. The van der Waals surface area contributed by atoms with Crippen LogP contribution in [-0.2, 0) is 30.3 Å². The molecule has 8 nitrogen and oxygen atoms in total. The highest BCUT2D eigenvalue weighted by molar-refractivity contribution is 5.90. The Labute approximate surface area is 149 Å². The van der Waals surface area contributed by atoms with Gasteiger partial charge in [-0.3, -0.25) is 14.4 Å². The number of ether oxygens (including phenoxy) is 1. The summed E-state index contributed by atoms with van der Waals surface area (Å²) in [5.41, 5.74) is 0.585. The SMILES string of the molecule is COC(=O)CC[C@H](NC(=O)[C@@H](Cc1ccc(F)cc1)NC(C)=O)C(=O)O. The smallest absolute Gasteiger partial charge is 0.326 e. The fourth-order valence-corrected chi connectivity index (χ4v) is 2.20. The zero-order valence-corrected chi connectivity index (χ0v) is 14.5. The van der Waals surface area contributed by atoms with E-state index in [2.05, 4.69) is 15.4 Å². The second-order valence-corrected chi connectivity index (χ2v) is 5.60. The maximum atomic E-state index is 13.0. The molecule has 0 bridgehead atoms. The molecule has 142 valence electrons. The van der Waals surface area contributed by atoms with Crippen LogP contribution in [0.4, 0.5) is 4.39 Å². The molecule has 1 aromatic rings. The molecule has 3 N–H and O–H groups in total. The molecule has 0 aliphatic rings. The van der Waals surface area contributed by atoms with E-state index >= 15 is 0 Å². The fraction of sp³-hybridized carbons (Fsp3) is 0.412. The van der Waals surface area contributed by atoms with Crippen molar-refractivity contribution in [2.75, 3.05) is 7.11 Å². The molecule has 0 radical (unpaired) electrons. The monoisotopic (exact) mass is 368 g/mol. The Morgan fingerprint density at radius 1 is 1.12 bits per heavy atom. The lowest BCUT2D eigenvalue weighted by Crippen LogP contribution is -2.52. The van der Waals surface area contributed by atoms with Gasteiger partial charge in [0.25, 0.3) is 0 Å². The van der Waals surface area contributed by atoms with Gasteiger partial charge in [-0.2, -0.15) is 0 Å². The number of rotatable bonds is 9. The molecule has 0 aliphatic heterocycles. The summed E-state index contributed by atoms with van der Waals surface area (Å²) in [6, 6.07) is 3.00. The lowest BCUT2D eigenvalue weighted by atomic mass is 10.0. The molecule has 2 amide bonds. The first-order valence-electron chi connectivity index (χ1n) is 7.84. The second-order valence-electron chi connectivity index (χ2n) is 5.60. The Bertz CT molecular complexity index is 662. The summed E-state index contributed by atoms with van der Waals surface area (Å²) >= 11 is 0. The average molecular weight is 368 g/mol. The van der Waals surface area contributed by atoms with E-state index in [9.17, 15) is 28.7 Å². The van der Waals surface area contributed by atoms with E-state index in [1.165, 1.54) is 38.3 Å². The van der Waals surface area contributed by atoms with Gasteiger partial charge in [0.15, 0.2) is 0 Å². The Morgan fingerprint density at radius 2 is 1.73 bits per heavy atom. The minimum absolute atomic E-state index is 0.0506. The van der Waals surface area contributed by atoms with Crippen molar-refractivity contribution in [2.24, 2.45) is 0 Å². The van der Waals surface area contributed by atoms with Gasteiger partial charge >= 0.3 is 11.9 Å². The van der Waals surface area contributed by atoms with E-state index in [-0.39, 0.29) is 19.3 Å². The standard InChI is InChI=1S/C17H21FN2O6/c1-10(21)19-14(9-11-3-5-12(18)6-4-11)16(23)20-13(17(24)25)7-8-15(22)26-2/h3-6,13-14H,7-9H2,1-2H3,(H,19,21)(H,20,23)(H,24,25)/t13-,14+/m0/s1. The number of hydrogen-bond donors (Lipinski definition) is 3. The topological polar surface area (TPSA) is 122 Å². The Kier molecular flexibility index (Phi) is 8.20. The van der Waals surface area contributed by atoms with Crippen molar-refractivity contribution in [1.82, 2.24) is 10.6 Å². The number of carboxylic acids is 1. The molecular formula is C17H21FN2O6. The summed E-state index contributed by atoms with van der Waals surface area (Å²) in [5.74, 6) is -3.56. The molecule has 9 heteroatoms. The third kappa shape index (κ3) is 7.29. The molecular weight excluding hydrogens is 347 g/mol. The molecule has 0 spiro atoms. The summed E-state index contributed by atoms with van der Waals surface area (Å²) in [5, 5.41) is 13.9. The summed E-state index contributed by atoms with van der Waals surface area (Å²) in [6.07, 6.45) is -0.289. The number of halogens is 1. The van der Waals surface area contributed by atoms with E-state index in [4.69, 9.17) is 0 Å². The quantitative estimate of drug-likeness (QED) is 0.542. The second kappa shape index (κ2) is 10.1. The van der Waals surface area contributed by atoms with E-state index in [1.807, 2.05) is 0 Å². The summed E-state index contributed by atoms with van der Waals surface area (Å²) in [7, 11) is 1.17. The number of hydrogen-bond acceptors (Lipinski definition) is 5. The van der Waals surface area contributed by atoms with Crippen molar-refractivity contribution in [3.05, 3.63) is 35.6 Å². The van der Waals surface area contributed by atoms with Crippen LogP contribution in [0.5, 0.6) is 0 Å². The van der Waals surface area contributed by atoms with Crippen LogP contribution < -0.4 is 10.6 Å². The summed E-state index contributed by atoms with van der Waals surface area (Å²) in [4.78, 5) is 46.2. The first kappa shape index (κ1) is 21.1. The number of methoxy groups -OCH3 is 1. The first-order chi connectivity index (χ1) is 12.2. The number of benzene rings is 1. The van der Waals surface area contributed by atoms with Crippen LogP contribution in [0.15, 0.2) is 24.3 Å². The van der Waals surface area contributed by atoms with Gasteiger partial charge < -0.3 is 20.5 Å². The third-order valence-electron chi connectivity index (χ3n) is 3.53. The van der Waals surface area contributed by atoms with Crippen LogP contribution in [0.3, 0.4) is 0 Å². The third-order valence-corrected chi connectivity index (χ3v) is 3.53. The van der Waals surface area contributed by atoms with Gasteiger partial charge in [0.2, 0.25) is 11.8 Å². The first-order valence-corrected chi connectivity index (χ1v) is 7.84. The number of aliphatic carboxylic acids is 1. The Hall–Kier alpha value is -2.97. The predicted octanol–water partition coefficient (Wildman–Crippen LogP) is 0.395. The van der Waals surface area contributed by atoms with Crippen molar-refractivity contribution < 1.29 is 33.4 Å². The van der Waals surface area contributed by atoms with Crippen LogP contribution in [0.2, 0.25) is 0 Å². The fourth-order valence-electron chi connectivity index (χ4n) is 2.20. The van der Waals surface area contributed by atoms with Gasteiger partial charge in [0.1, 0.15) is 17.9 Å². The highest BCUT2D eigenvalue weighted by Gasteiger charge is 2.26. The highest BCUT2D eigenvalue weighted by Crippen LogP contribution is 2.07. The van der Waals surface area contributed by atoms with E-state index < -0.39 is 41.7 Å². The number of carbonyl (C=O) groups is 4. The molecule has 0 saturated heterocycles. The lowest BCUT2D eigenvalue weighted by Gasteiger charge is -2.21. The lowest BCUT2D eigenvalue weighted by molar-refractivity contribution is -0.144. The number of nitrogens with one attached hydrogen (secondary N) is 2. The van der Waals surface area contributed by atoms with Crippen molar-refractivity contribution in [2.45, 2.75) is 38.3 Å². The maximum absolute atomic E-state index is 13.0. The van der Waals surface area contributed by atoms with Crippen LogP contribution in [0.25, 0.3) is 0 Å². The molecule has 0 aliphatic carbocycles. The number of amides is 2. The molecule has 2 atom stereocenters. The van der Waals surface area contributed by atoms with Gasteiger partial charge in [0.05, 0.1) is 7.11 Å². The van der Waals surface area contributed by atoms with Crippen LogP contribution >= 0.6 is 0 Å². The Balaban J connectivity index is 2.81. The van der Waals surface area contributed by atoms with E-state index in [1.54, 1.807) is 0 Å². The minimum atomic E-state index is -1.31. The van der Waals surface area contributed by atoms with Gasteiger partial charge in [-0.25, -0.2) is 9.18 Å². The molecule has 0 unspecified atom stereocenters. The molecule has 1 rings (SSSR count). The summed E-state index contributed by atoms with van der Waals surface area (Å²) < 4.78 is 17.4. The number of carboxylic acid groups (broad SMARTS) is 1. The molecule has 0 heterocycles. The average Bonchev–Trinajstić information content (AvgIpc) is 2.58.